The van der Waals surface area contributed by atoms with Crippen molar-refractivity contribution in [1.82, 2.24) is 0 Å². The van der Waals surface area contributed by atoms with Crippen molar-refractivity contribution in [3.8, 4) is 5.75 Å². The number of ether oxygens (including phenoxy) is 1. The third-order valence-corrected chi connectivity index (χ3v) is 3.12. The zero-order valence-corrected chi connectivity index (χ0v) is 12.8. The molecule has 0 aliphatic heterocycles. The molecule has 2 rings (SSSR count). The van der Waals surface area contributed by atoms with Crippen molar-refractivity contribution in [3.63, 3.8) is 0 Å². The minimum Gasteiger partial charge on any atom is -0.497 e. The Labute approximate surface area is 126 Å². The predicted molar refractivity (Wildman–Crippen MR) is 81.0 cm³/mol. The first kappa shape index (κ1) is 14.4. The minimum absolute atomic E-state index is 0.385. The molecule has 0 radical (unpaired) electrons. The average Bonchev–Trinajstić information content (AvgIpc) is 2.46. The van der Waals surface area contributed by atoms with E-state index in [2.05, 4.69) is 15.9 Å². The van der Waals surface area contributed by atoms with E-state index in [1.54, 1.807) is 7.11 Å². The summed E-state index contributed by atoms with van der Waals surface area (Å²) in [6.45, 7) is 1.37. The lowest BCUT2D eigenvalue weighted by atomic mass is 10.2. The lowest BCUT2D eigenvalue weighted by Crippen LogP contribution is -2.20. The van der Waals surface area contributed by atoms with Gasteiger partial charge in [0.15, 0.2) is 0 Å². The van der Waals surface area contributed by atoms with Gasteiger partial charge in [0.05, 0.1) is 18.5 Å². The van der Waals surface area contributed by atoms with E-state index in [0.717, 1.165) is 21.6 Å². The zero-order chi connectivity index (χ0) is 14.5. The zero-order valence-electron chi connectivity index (χ0n) is 11.2. The van der Waals surface area contributed by atoms with Crippen LogP contribution in [0.4, 0.5) is 11.4 Å². The van der Waals surface area contributed by atoms with Crippen molar-refractivity contribution in [2.75, 3.05) is 12.2 Å². The van der Waals surface area contributed by atoms with Gasteiger partial charge in [0, 0.05) is 11.4 Å². The molecule has 2 aromatic carbocycles. The topological polar surface area (TPSA) is 38.8 Å². The van der Waals surface area contributed by atoms with Gasteiger partial charge in [0.2, 0.25) is 0 Å². The summed E-state index contributed by atoms with van der Waals surface area (Å²) in [6, 6.07) is 14.8. The third-order valence-electron chi connectivity index (χ3n) is 2.59. The molecule has 0 heterocycles. The molecule has 104 valence electrons. The van der Waals surface area contributed by atoms with Crippen molar-refractivity contribution in [1.29, 1.82) is 0 Å². The molecule has 0 spiro atoms. The number of hydrogen-bond acceptors (Lipinski definition) is 4. The third kappa shape index (κ3) is 3.51. The highest BCUT2D eigenvalue weighted by Crippen LogP contribution is 2.28. The number of benzene rings is 2. The summed E-state index contributed by atoms with van der Waals surface area (Å²) in [4.78, 5) is 16.6. The molecule has 5 heteroatoms. The van der Waals surface area contributed by atoms with Crippen LogP contribution in [0.25, 0.3) is 0 Å². The first-order chi connectivity index (χ1) is 9.60. The molecule has 0 unspecified atom stereocenters. The molecule has 0 saturated carbocycles. The van der Waals surface area contributed by atoms with Gasteiger partial charge in [-0.3, -0.25) is 0 Å². The predicted octanol–water partition coefficient (Wildman–Crippen LogP) is 4.07. The molecule has 0 fully saturated rings. The SMILES string of the molecule is COc1ccc(N(OC(C)=O)c2ccc(Br)cc2)cc1. The Kier molecular flexibility index (Phi) is 4.63. The van der Waals surface area contributed by atoms with E-state index in [9.17, 15) is 4.79 Å². The maximum Gasteiger partial charge on any atom is 0.329 e. The first-order valence-corrected chi connectivity index (χ1v) is 6.78. The molecule has 4 nitrogen and oxygen atoms in total. The fraction of sp³-hybridized carbons (Fsp3) is 0.133. The molecule has 0 aliphatic rings. The summed E-state index contributed by atoms with van der Waals surface area (Å²) >= 11 is 3.38. The van der Waals surface area contributed by atoms with Crippen molar-refractivity contribution >= 4 is 33.3 Å². The summed E-state index contributed by atoms with van der Waals surface area (Å²) in [5.74, 6) is 0.357. The summed E-state index contributed by atoms with van der Waals surface area (Å²) in [5.41, 5.74) is 1.50. The molecule has 0 aliphatic carbocycles. The molecule has 0 atom stereocenters. The van der Waals surface area contributed by atoms with Crippen molar-refractivity contribution < 1.29 is 14.4 Å². The summed E-state index contributed by atoms with van der Waals surface area (Å²) in [7, 11) is 1.60. The van der Waals surface area contributed by atoms with Crippen LogP contribution in [0.5, 0.6) is 5.75 Å². The van der Waals surface area contributed by atoms with Crippen LogP contribution in [0.1, 0.15) is 6.92 Å². The van der Waals surface area contributed by atoms with E-state index in [4.69, 9.17) is 9.57 Å². The Morgan fingerprint density at radius 3 is 1.95 bits per heavy atom. The Bertz CT molecular complexity index is 581. The molecule has 0 bridgehead atoms. The highest BCUT2D eigenvalue weighted by Gasteiger charge is 2.13. The van der Waals surface area contributed by atoms with Crippen LogP contribution < -0.4 is 9.80 Å². The fourth-order valence-electron chi connectivity index (χ4n) is 1.68. The largest absolute Gasteiger partial charge is 0.497 e. The van der Waals surface area contributed by atoms with Gasteiger partial charge < -0.3 is 9.57 Å². The lowest BCUT2D eigenvalue weighted by molar-refractivity contribution is -0.141. The Morgan fingerprint density at radius 2 is 1.50 bits per heavy atom. The molecule has 0 saturated heterocycles. The van der Waals surface area contributed by atoms with Crippen LogP contribution in [0, 0.1) is 0 Å². The molecule has 0 amide bonds. The minimum atomic E-state index is -0.385. The van der Waals surface area contributed by atoms with Gasteiger partial charge in [-0.15, -0.1) is 0 Å². The number of anilines is 2. The second kappa shape index (κ2) is 6.43. The fourth-order valence-corrected chi connectivity index (χ4v) is 1.94. The van der Waals surface area contributed by atoms with Gasteiger partial charge in [0.1, 0.15) is 5.75 Å². The quantitative estimate of drug-likeness (QED) is 0.789. The van der Waals surface area contributed by atoms with Crippen molar-refractivity contribution in [3.05, 3.63) is 53.0 Å². The van der Waals surface area contributed by atoms with Crippen LogP contribution >= 0.6 is 15.9 Å². The average molecular weight is 336 g/mol. The number of nitrogens with zero attached hydrogens (tertiary/aromatic N) is 1. The summed E-state index contributed by atoms with van der Waals surface area (Å²) in [5, 5.41) is 1.48. The number of carbonyl (C=O) groups excluding carboxylic acids is 1. The van der Waals surface area contributed by atoms with Crippen LogP contribution in [0.3, 0.4) is 0 Å². The van der Waals surface area contributed by atoms with E-state index < -0.39 is 0 Å². The number of halogens is 1. The monoisotopic (exact) mass is 335 g/mol. The van der Waals surface area contributed by atoms with Gasteiger partial charge in [0.25, 0.3) is 0 Å². The van der Waals surface area contributed by atoms with Gasteiger partial charge >= 0.3 is 5.97 Å². The maximum absolute atomic E-state index is 11.3. The van der Waals surface area contributed by atoms with Crippen LogP contribution in [-0.2, 0) is 9.63 Å². The Balaban J connectivity index is 2.35. The van der Waals surface area contributed by atoms with E-state index in [-0.39, 0.29) is 5.97 Å². The molecular weight excluding hydrogens is 322 g/mol. The molecule has 2 aromatic rings. The van der Waals surface area contributed by atoms with E-state index >= 15 is 0 Å². The van der Waals surface area contributed by atoms with Gasteiger partial charge in [-0.25, -0.2) is 4.79 Å². The highest BCUT2D eigenvalue weighted by atomic mass is 79.9. The second-order valence-corrected chi connectivity index (χ2v) is 4.97. The number of rotatable bonds is 4. The molecule has 0 N–H and O–H groups in total. The maximum atomic E-state index is 11.3. The van der Waals surface area contributed by atoms with Crippen LogP contribution in [-0.4, -0.2) is 13.1 Å². The Hall–Kier alpha value is -2.01. The standard InChI is InChI=1S/C15H14BrNO3/c1-11(18)20-17(13-5-3-12(16)4-6-13)14-7-9-15(19-2)10-8-14/h3-10H,1-2H3. The van der Waals surface area contributed by atoms with Crippen LogP contribution in [0.15, 0.2) is 53.0 Å². The van der Waals surface area contributed by atoms with Gasteiger partial charge in [-0.1, -0.05) is 15.9 Å². The van der Waals surface area contributed by atoms with E-state index in [0.29, 0.717) is 0 Å². The first-order valence-electron chi connectivity index (χ1n) is 5.98. The van der Waals surface area contributed by atoms with Gasteiger partial charge in [-0.05, 0) is 48.5 Å². The number of methoxy groups -OCH3 is 1. The normalized spacial score (nSPS) is 9.95. The smallest absolute Gasteiger partial charge is 0.329 e. The van der Waals surface area contributed by atoms with E-state index in [1.807, 2.05) is 48.5 Å². The van der Waals surface area contributed by atoms with E-state index in [1.165, 1.54) is 12.0 Å². The Morgan fingerprint density at radius 1 is 1.00 bits per heavy atom. The second-order valence-electron chi connectivity index (χ2n) is 4.05. The highest BCUT2D eigenvalue weighted by molar-refractivity contribution is 9.10. The van der Waals surface area contributed by atoms with Crippen molar-refractivity contribution in [2.45, 2.75) is 6.92 Å². The van der Waals surface area contributed by atoms with Gasteiger partial charge in [-0.2, -0.15) is 5.06 Å². The molecular formula is C15H14BrNO3. The number of carbonyl (C=O) groups is 1. The van der Waals surface area contributed by atoms with Crippen LogP contribution in [0.2, 0.25) is 0 Å². The number of hydrogen-bond donors (Lipinski definition) is 0. The molecule has 20 heavy (non-hydrogen) atoms. The summed E-state index contributed by atoms with van der Waals surface area (Å²) in [6.07, 6.45) is 0. The van der Waals surface area contributed by atoms with Crippen molar-refractivity contribution in [2.24, 2.45) is 0 Å². The molecule has 0 aromatic heterocycles. The summed E-state index contributed by atoms with van der Waals surface area (Å²) < 4.78 is 6.08. The lowest BCUT2D eigenvalue weighted by Gasteiger charge is -2.22.